The molecule has 0 atom stereocenters. The second-order valence-electron chi connectivity index (χ2n) is 6.27. The number of hydrogen-bond donors (Lipinski definition) is 0. The van der Waals surface area contributed by atoms with E-state index in [2.05, 4.69) is 63.5 Å². The molecule has 0 unspecified atom stereocenters. The lowest BCUT2D eigenvalue weighted by Gasteiger charge is -2.32. The van der Waals surface area contributed by atoms with Crippen LogP contribution >= 0.6 is 11.8 Å². The number of fused-ring (bicyclic) bond motifs is 1. The van der Waals surface area contributed by atoms with Crippen molar-refractivity contribution in [3.63, 3.8) is 0 Å². The predicted octanol–water partition coefficient (Wildman–Crippen LogP) is 5.23. The summed E-state index contributed by atoms with van der Waals surface area (Å²) in [5.74, 6) is 0. The Morgan fingerprint density at radius 1 is 0.826 bits per heavy atom. The van der Waals surface area contributed by atoms with E-state index in [4.69, 9.17) is 0 Å². The highest BCUT2D eigenvalue weighted by Gasteiger charge is 2.36. The Morgan fingerprint density at radius 3 is 2.30 bits per heavy atom. The molecule has 0 aliphatic heterocycles. The monoisotopic (exact) mass is 323 g/mol. The van der Waals surface area contributed by atoms with E-state index in [1.54, 1.807) is 0 Å². The molecule has 23 heavy (non-hydrogen) atoms. The lowest BCUT2D eigenvalue weighted by atomic mass is 10.1. The smallest absolute Gasteiger partial charge is 0.115 e. The molecular weight excluding hydrogens is 302 g/mol. The van der Waals surface area contributed by atoms with Crippen molar-refractivity contribution in [1.29, 1.82) is 0 Å². The fourth-order valence-electron chi connectivity index (χ4n) is 3.52. The van der Waals surface area contributed by atoms with Gasteiger partial charge in [0.25, 0.3) is 0 Å². The van der Waals surface area contributed by atoms with Crippen LogP contribution in [0.25, 0.3) is 11.0 Å². The molecule has 0 N–H and O–H groups in total. The van der Waals surface area contributed by atoms with Crippen LogP contribution in [0.5, 0.6) is 0 Å². The summed E-state index contributed by atoms with van der Waals surface area (Å²) >= 11 is 1.96. The number of rotatable bonds is 3. The molecule has 1 aliphatic carbocycles. The molecule has 0 amide bonds. The van der Waals surface area contributed by atoms with E-state index in [9.17, 15) is 0 Å². The van der Waals surface area contributed by atoms with Crippen LogP contribution in [0.4, 0.5) is 0 Å². The Balaban J connectivity index is 1.81. The Morgan fingerprint density at radius 2 is 1.52 bits per heavy atom. The molecule has 2 aromatic carbocycles. The van der Waals surface area contributed by atoms with Gasteiger partial charge in [0.05, 0.1) is 5.52 Å². The van der Waals surface area contributed by atoms with Crippen molar-refractivity contribution in [1.82, 2.24) is 15.0 Å². The van der Waals surface area contributed by atoms with Gasteiger partial charge in [-0.15, -0.1) is 5.10 Å². The first-order valence-corrected chi connectivity index (χ1v) is 9.24. The molecule has 1 heterocycles. The fraction of sp³-hybridized carbons (Fsp3) is 0.368. The van der Waals surface area contributed by atoms with Gasteiger partial charge in [-0.3, -0.25) is 0 Å². The molecule has 0 bridgehead atoms. The van der Waals surface area contributed by atoms with Crippen LogP contribution in [0.2, 0.25) is 0 Å². The number of nitrogens with zero attached hydrogens (tertiary/aromatic N) is 3. The Hall–Kier alpha value is -1.81. The van der Waals surface area contributed by atoms with E-state index >= 15 is 0 Å². The van der Waals surface area contributed by atoms with Gasteiger partial charge in [-0.2, -0.15) is 0 Å². The van der Waals surface area contributed by atoms with E-state index < -0.39 is 0 Å². The first-order chi connectivity index (χ1) is 11.4. The van der Waals surface area contributed by atoms with Crippen molar-refractivity contribution in [2.75, 3.05) is 0 Å². The largest absolute Gasteiger partial charge is 0.228 e. The van der Waals surface area contributed by atoms with Gasteiger partial charge in [0.2, 0.25) is 0 Å². The molecule has 0 radical (unpaired) electrons. The van der Waals surface area contributed by atoms with Crippen molar-refractivity contribution < 1.29 is 0 Å². The molecule has 1 saturated carbocycles. The minimum atomic E-state index is -0.0199. The van der Waals surface area contributed by atoms with E-state index in [0.717, 1.165) is 23.9 Å². The standard InChI is InChI=1S/C19H21N3S/c1-2-9-15-19(14-8-1,23-16-10-4-3-5-11-16)22-18-13-7-6-12-17(18)20-21-22/h3-7,10-13H,1-2,8-9,14-15H2. The normalized spacial score (nSPS) is 17.9. The Bertz CT molecular complexity index is 773. The summed E-state index contributed by atoms with van der Waals surface area (Å²) in [6.45, 7) is 0. The summed E-state index contributed by atoms with van der Waals surface area (Å²) in [6.07, 6.45) is 7.47. The molecular formula is C19H21N3S. The van der Waals surface area contributed by atoms with Gasteiger partial charge in [0.15, 0.2) is 0 Å². The number of benzene rings is 2. The molecule has 1 aliphatic rings. The molecule has 4 heteroatoms. The maximum atomic E-state index is 4.57. The zero-order valence-electron chi connectivity index (χ0n) is 13.2. The van der Waals surface area contributed by atoms with E-state index in [-0.39, 0.29) is 4.87 Å². The second kappa shape index (κ2) is 6.36. The van der Waals surface area contributed by atoms with Crippen LogP contribution in [0.1, 0.15) is 38.5 Å². The first-order valence-electron chi connectivity index (χ1n) is 8.42. The molecule has 0 spiro atoms. The summed E-state index contributed by atoms with van der Waals surface area (Å²) in [4.78, 5) is 1.29. The maximum absolute atomic E-state index is 4.57. The van der Waals surface area contributed by atoms with Crippen molar-refractivity contribution >= 4 is 22.8 Å². The van der Waals surface area contributed by atoms with Crippen LogP contribution in [-0.2, 0) is 4.87 Å². The van der Waals surface area contributed by atoms with Crippen molar-refractivity contribution in [2.24, 2.45) is 0 Å². The van der Waals surface area contributed by atoms with Gasteiger partial charge in [-0.05, 0) is 37.1 Å². The Kier molecular flexibility index (Phi) is 4.08. The van der Waals surface area contributed by atoms with Gasteiger partial charge in [-0.25, -0.2) is 4.68 Å². The molecule has 4 rings (SSSR count). The van der Waals surface area contributed by atoms with Crippen LogP contribution in [-0.4, -0.2) is 15.0 Å². The molecule has 0 saturated heterocycles. The minimum absolute atomic E-state index is 0.0199. The maximum Gasteiger partial charge on any atom is 0.115 e. The lowest BCUT2D eigenvalue weighted by molar-refractivity contribution is 0.357. The van der Waals surface area contributed by atoms with Crippen LogP contribution in [0.3, 0.4) is 0 Å². The third-order valence-corrected chi connectivity index (χ3v) is 6.14. The average Bonchev–Trinajstić information content (AvgIpc) is 2.90. The number of thioether (sulfide) groups is 1. The predicted molar refractivity (Wildman–Crippen MR) is 95.5 cm³/mol. The van der Waals surface area contributed by atoms with Gasteiger partial charge in [0.1, 0.15) is 10.4 Å². The Labute approximate surface area is 141 Å². The molecule has 3 aromatic rings. The average molecular weight is 323 g/mol. The van der Waals surface area contributed by atoms with E-state index in [1.807, 2.05) is 17.8 Å². The van der Waals surface area contributed by atoms with Gasteiger partial charge >= 0.3 is 0 Å². The van der Waals surface area contributed by atoms with Crippen LogP contribution in [0, 0.1) is 0 Å². The molecule has 118 valence electrons. The molecule has 3 nitrogen and oxygen atoms in total. The third-order valence-electron chi connectivity index (χ3n) is 4.67. The fourth-order valence-corrected chi connectivity index (χ4v) is 4.96. The summed E-state index contributed by atoms with van der Waals surface area (Å²) in [5.41, 5.74) is 2.14. The SMILES string of the molecule is c1ccc(SC2(n3nnc4ccccc43)CCCCCC2)cc1. The zero-order chi connectivity index (χ0) is 15.5. The first kappa shape index (κ1) is 14.8. The van der Waals surface area contributed by atoms with Gasteiger partial charge < -0.3 is 0 Å². The van der Waals surface area contributed by atoms with Gasteiger partial charge in [-0.1, -0.05) is 73.0 Å². The van der Waals surface area contributed by atoms with Crippen LogP contribution in [0.15, 0.2) is 59.5 Å². The highest BCUT2D eigenvalue weighted by molar-refractivity contribution is 8.00. The topological polar surface area (TPSA) is 30.7 Å². The van der Waals surface area contributed by atoms with Crippen molar-refractivity contribution in [2.45, 2.75) is 48.3 Å². The van der Waals surface area contributed by atoms with Crippen molar-refractivity contribution in [3.05, 3.63) is 54.6 Å². The van der Waals surface area contributed by atoms with Crippen molar-refractivity contribution in [3.8, 4) is 0 Å². The number of hydrogen-bond acceptors (Lipinski definition) is 3. The molecule has 1 fully saturated rings. The zero-order valence-corrected chi connectivity index (χ0v) is 14.0. The number of aromatic nitrogens is 3. The highest BCUT2D eigenvalue weighted by atomic mass is 32.2. The minimum Gasteiger partial charge on any atom is -0.228 e. The summed E-state index contributed by atoms with van der Waals surface area (Å²) < 4.78 is 2.20. The lowest BCUT2D eigenvalue weighted by Crippen LogP contribution is -2.30. The van der Waals surface area contributed by atoms with E-state index in [1.165, 1.54) is 30.6 Å². The summed E-state index contributed by atoms with van der Waals surface area (Å²) in [6, 6.07) is 19.0. The number of para-hydroxylation sites is 1. The van der Waals surface area contributed by atoms with E-state index in [0.29, 0.717) is 0 Å². The highest BCUT2D eigenvalue weighted by Crippen LogP contribution is 2.47. The van der Waals surface area contributed by atoms with Crippen LogP contribution < -0.4 is 0 Å². The third kappa shape index (κ3) is 2.88. The van der Waals surface area contributed by atoms with Gasteiger partial charge in [0, 0.05) is 4.90 Å². The molecule has 1 aromatic heterocycles. The summed E-state index contributed by atoms with van der Waals surface area (Å²) in [7, 11) is 0. The second-order valence-corrected chi connectivity index (χ2v) is 7.70. The summed E-state index contributed by atoms with van der Waals surface area (Å²) in [5, 5.41) is 8.99. The quantitative estimate of drug-likeness (QED) is 0.618.